The average Bonchev–Trinajstić information content (AvgIpc) is 3.25. The zero-order valence-corrected chi connectivity index (χ0v) is 19.3. The number of nitrogens with one attached hydrogen (secondary N) is 1. The smallest absolute Gasteiger partial charge is 0.250 e. The van der Waals surface area contributed by atoms with Gasteiger partial charge in [-0.1, -0.05) is 59.6 Å². The third kappa shape index (κ3) is 2.47. The first-order valence-corrected chi connectivity index (χ1v) is 11.5. The van der Waals surface area contributed by atoms with Gasteiger partial charge in [-0.3, -0.25) is 14.5 Å². The third-order valence-corrected chi connectivity index (χ3v) is 8.06. The van der Waals surface area contributed by atoms with Crippen LogP contribution in [0.5, 0.6) is 5.75 Å². The first kappa shape index (κ1) is 20.7. The van der Waals surface area contributed by atoms with Gasteiger partial charge in [0.25, 0.3) is 5.91 Å². The number of likely N-dealkylation sites (tertiary alicyclic amines) is 1. The van der Waals surface area contributed by atoms with Gasteiger partial charge in [-0.05, 0) is 42.9 Å². The number of hydrogen-bond acceptors (Lipinski definition) is 4. The Morgan fingerprint density at radius 2 is 1.79 bits per heavy atom. The van der Waals surface area contributed by atoms with E-state index in [0.717, 1.165) is 11.1 Å². The van der Waals surface area contributed by atoms with Crippen LogP contribution < -0.4 is 10.1 Å². The maximum atomic E-state index is 14.5. The van der Waals surface area contributed by atoms with Crippen molar-refractivity contribution in [3.05, 3.63) is 93.5 Å². The number of rotatable bonds is 1. The fourth-order valence-corrected chi connectivity index (χ4v) is 6.72. The van der Waals surface area contributed by atoms with Gasteiger partial charge in [-0.2, -0.15) is 0 Å². The van der Waals surface area contributed by atoms with Crippen molar-refractivity contribution in [3.8, 4) is 5.75 Å². The van der Waals surface area contributed by atoms with Crippen LogP contribution >= 0.6 is 23.2 Å². The summed E-state index contributed by atoms with van der Waals surface area (Å²) in [5.41, 5.74) is 0.264. The number of amides is 1. The Morgan fingerprint density at radius 3 is 2.61 bits per heavy atom. The number of para-hydroxylation sites is 2. The minimum absolute atomic E-state index is 0.0541. The van der Waals surface area contributed by atoms with Crippen LogP contribution in [0.2, 0.25) is 10.0 Å². The Hall–Kier alpha value is -2.86. The molecule has 0 unspecified atom stereocenters. The lowest BCUT2D eigenvalue weighted by Crippen LogP contribution is -2.62. The summed E-state index contributed by atoms with van der Waals surface area (Å²) in [6, 6.07) is 20.1. The van der Waals surface area contributed by atoms with Crippen molar-refractivity contribution in [2.24, 2.45) is 5.41 Å². The first-order chi connectivity index (χ1) is 15.9. The maximum Gasteiger partial charge on any atom is 0.250 e. The molecule has 0 radical (unpaired) electrons. The summed E-state index contributed by atoms with van der Waals surface area (Å²) >= 11 is 12.9. The van der Waals surface area contributed by atoms with Crippen molar-refractivity contribution in [1.29, 1.82) is 0 Å². The number of benzene rings is 3. The minimum atomic E-state index is -1.25. The highest BCUT2D eigenvalue weighted by Crippen LogP contribution is 2.65. The Bertz CT molecular complexity index is 1340. The van der Waals surface area contributed by atoms with Crippen LogP contribution in [0, 0.1) is 5.41 Å². The van der Waals surface area contributed by atoms with E-state index in [1.807, 2.05) is 54.4 Å². The second-order valence-corrected chi connectivity index (χ2v) is 9.74. The van der Waals surface area contributed by atoms with Gasteiger partial charge in [-0.15, -0.1) is 0 Å². The lowest BCUT2D eigenvalue weighted by atomic mass is 9.57. The normalized spacial score (nSPS) is 28.0. The molecule has 3 aromatic carbocycles. The van der Waals surface area contributed by atoms with E-state index in [0.29, 0.717) is 33.6 Å². The molecule has 0 aromatic heterocycles. The molecule has 1 saturated heterocycles. The highest BCUT2D eigenvalue weighted by molar-refractivity contribution is 6.35. The second-order valence-electron chi connectivity index (χ2n) is 8.89. The number of halogens is 2. The Balaban J connectivity index is 1.68. The van der Waals surface area contributed by atoms with Gasteiger partial charge in [0.05, 0.1) is 5.56 Å². The van der Waals surface area contributed by atoms with Gasteiger partial charge in [0.15, 0.2) is 5.78 Å². The molecule has 7 heteroatoms. The summed E-state index contributed by atoms with van der Waals surface area (Å²) in [6.45, 7) is 0.499. The summed E-state index contributed by atoms with van der Waals surface area (Å²) in [5, 5.41) is 4.01. The molecule has 3 aliphatic rings. The quantitative estimate of drug-likeness (QED) is 0.526. The predicted molar refractivity (Wildman–Crippen MR) is 127 cm³/mol. The molecule has 5 nitrogen and oxygen atoms in total. The number of ketones is 1. The Kier molecular flexibility index (Phi) is 4.44. The van der Waals surface area contributed by atoms with Crippen LogP contribution in [-0.4, -0.2) is 36.8 Å². The molecule has 0 bridgehead atoms. The SMILES string of the molecule is CN1C[C@@H](c2ccc(Cl)cc2Cl)[C@@]2(COc3ccccc3C2=O)[C@@]12C(=O)Nc1ccccc12. The van der Waals surface area contributed by atoms with Crippen molar-refractivity contribution in [2.75, 3.05) is 25.5 Å². The summed E-state index contributed by atoms with van der Waals surface area (Å²) in [7, 11) is 1.89. The summed E-state index contributed by atoms with van der Waals surface area (Å²) in [4.78, 5) is 30.4. The Morgan fingerprint density at radius 1 is 1.03 bits per heavy atom. The van der Waals surface area contributed by atoms with Gasteiger partial charge in [0.2, 0.25) is 0 Å². The van der Waals surface area contributed by atoms with E-state index in [9.17, 15) is 9.59 Å². The van der Waals surface area contributed by atoms with Crippen LogP contribution in [0.25, 0.3) is 0 Å². The number of ether oxygens (including phenoxy) is 1. The molecule has 1 N–H and O–H groups in total. The summed E-state index contributed by atoms with van der Waals surface area (Å²) in [5.74, 6) is -0.206. The maximum absolute atomic E-state index is 14.5. The number of carbonyl (C=O) groups excluding carboxylic acids is 2. The number of fused-ring (bicyclic) bond motifs is 4. The molecule has 166 valence electrons. The van der Waals surface area contributed by atoms with E-state index in [-0.39, 0.29) is 18.3 Å². The van der Waals surface area contributed by atoms with Crippen molar-refractivity contribution < 1.29 is 14.3 Å². The molecule has 3 atom stereocenters. The topological polar surface area (TPSA) is 58.6 Å². The minimum Gasteiger partial charge on any atom is -0.492 e. The van der Waals surface area contributed by atoms with Gasteiger partial charge < -0.3 is 10.1 Å². The fraction of sp³-hybridized carbons (Fsp3) is 0.231. The number of anilines is 1. The molecule has 0 saturated carbocycles. The van der Waals surface area contributed by atoms with Gasteiger partial charge in [0, 0.05) is 33.8 Å². The van der Waals surface area contributed by atoms with E-state index in [4.69, 9.17) is 27.9 Å². The molecule has 3 aliphatic heterocycles. The number of likely N-dealkylation sites (N-methyl/N-ethyl adjacent to an activating group) is 1. The predicted octanol–water partition coefficient (Wildman–Crippen LogP) is 5.13. The molecule has 33 heavy (non-hydrogen) atoms. The molecule has 3 aromatic rings. The first-order valence-electron chi connectivity index (χ1n) is 10.7. The van der Waals surface area contributed by atoms with Gasteiger partial charge >= 0.3 is 0 Å². The third-order valence-electron chi connectivity index (χ3n) is 7.49. The largest absolute Gasteiger partial charge is 0.492 e. The lowest BCUT2D eigenvalue weighted by Gasteiger charge is -2.47. The molecular formula is C26H20Cl2N2O3. The van der Waals surface area contributed by atoms with Gasteiger partial charge in [0.1, 0.15) is 23.3 Å². The van der Waals surface area contributed by atoms with Crippen LogP contribution in [0.3, 0.4) is 0 Å². The zero-order chi connectivity index (χ0) is 23.0. The van der Waals surface area contributed by atoms with E-state index < -0.39 is 16.9 Å². The van der Waals surface area contributed by atoms with E-state index in [1.54, 1.807) is 24.3 Å². The van der Waals surface area contributed by atoms with Crippen molar-refractivity contribution in [2.45, 2.75) is 11.5 Å². The van der Waals surface area contributed by atoms with Crippen molar-refractivity contribution in [1.82, 2.24) is 4.90 Å². The molecule has 2 spiro atoms. The average molecular weight is 479 g/mol. The molecule has 1 fully saturated rings. The van der Waals surface area contributed by atoms with Crippen LogP contribution in [0.4, 0.5) is 5.69 Å². The number of carbonyl (C=O) groups is 2. The molecule has 6 rings (SSSR count). The van der Waals surface area contributed by atoms with Crippen LogP contribution in [0.15, 0.2) is 66.7 Å². The summed E-state index contributed by atoms with van der Waals surface area (Å²) in [6.07, 6.45) is 0. The highest BCUT2D eigenvalue weighted by atomic mass is 35.5. The van der Waals surface area contributed by atoms with Crippen molar-refractivity contribution in [3.63, 3.8) is 0 Å². The van der Waals surface area contributed by atoms with Crippen molar-refractivity contribution >= 4 is 40.6 Å². The molecule has 1 amide bonds. The summed E-state index contributed by atoms with van der Waals surface area (Å²) < 4.78 is 6.25. The van der Waals surface area contributed by atoms with Crippen LogP contribution in [-0.2, 0) is 10.3 Å². The van der Waals surface area contributed by atoms with E-state index in [1.165, 1.54) is 0 Å². The van der Waals surface area contributed by atoms with E-state index >= 15 is 0 Å². The standard InChI is InChI=1S/C26H20Cl2N2O3/c1-30-13-19(16-11-10-15(27)12-20(16)28)25(14-33-22-9-5-2-6-17(22)23(25)31)26(30)18-7-3-4-8-21(18)29-24(26)32/h2-12,19H,13-14H2,1H3,(H,29,32)/t19-,25+,26+/m0/s1. The molecule has 0 aliphatic carbocycles. The number of hydrogen-bond donors (Lipinski definition) is 1. The monoisotopic (exact) mass is 478 g/mol. The van der Waals surface area contributed by atoms with Crippen LogP contribution in [0.1, 0.15) is 27.4 Å². The Labute approximate surface area is 201 Å². The van der Waals surface area contributed by atoms with E-state index in [2.05, 4.69) is 5.32 Å². The fourth-order valence-electron chi connectivity index (χ4n) is 6.18. The lowest BCUT2D eigenvalue weighted by molar-refractivity contribution is -0.131. The number of Topliss-reactive ketones (excluding diaryl/α,β-unsaturated/α-hetero) is 1. The number of nitrogens with zero attached hydrogens (tertiary/aromatic N) is 1. The molecule has 3 heterocycles. The zero-order valence-electron chi connectivity index (χ0n) is 17.8. The van der Waals surface area contributed by atoms with Gasteiger partial charge in [-0.25, -0.2) is 0 Å². The molecular weight excluding hydrogens is 459 g/mol. The second kappa shape index (κ2) is 7.07. The highest BCUT2D eigenvalue weighted by Gasteiger charge is 2.75.